The summed E-state index contributed by atoms with van der Waals surface area (Å²) in [6, 6.07) is 0. The number of carboxylic acids is 1. The Morgan fingerprint density at radius 1 is 1.64 bits per heavy atom. The van der Waals surface area contributed by atoms with Gasteiger partial charge in [0.2, 0.25) is 0 Å². The highest BCUT2D eigenvalue weighted by Crippen LogP contribution is 2.42. The Bertz CT molecular complexity index is 355. The number of hydrogen-bond acceptors (Lipinski definition) is 3. The summed E-state index contributed by atoms with van der Waals surface area (Å²) in [5.74, 6) is -0.126. The molecule has 0 atom stereocenters. The zero-order valence-electron chi connectivity index (χ0n) is 8.12. The number of aromatic nitrogens is 1. The van der Waals surface area contributed by atoms with Gasteiger partial charge in [-0.1, -0.05) is 6.92 Å². The predicted octanol–water partition coefficient (Wildman–Crippen LogP) is 2.21. The molecule has 2 rings (SSSR count). The maximum absolute atomic E-state index is 10.6. The van der Waals surface area contributed by atoms with E-state index in [1.54, 1.807) is 11.3 Å². The van der Waals surface area contributed by atoms with Gasteiger partial charge in [-0.15, -0.1) is 11.3 Å². The Balaban J connectivity index is 2.22. The van der Waals surface area contributed by atoms with Crippen LogP contribution in [-0.4, -0.2) is 16.1 Å². The lowest BCUT2D eigenvalue weighted by molar-refractivity contribution is -0.136. The Kier molecular flexibility index (Phi) is 2.54. The molecule has 0 radical (unpaired) electrons. The van der Waals surface area contributed by atoms with Gasteiger partial charge in [0.1, 0.15) is 0 Å². The van der Waals surface area contributed by atoms with Crippen LogP contribution in [0.4, 0.5) is 0 Å². The van der Waals surface area contributed by atoms with Crippen LogP contribution in [0.1, 0.15) is 41.3 Å². The molecule has 1 aliphatic carbocycles. The fourth-order valence-corrected chi connectivity index (χ4v) is 2.77. The van der Waals surface area contributed by atoms with E-state index in [1.165, 1.54) is 12.8 Å². The van der Waals surface area contributed by atoms with Gasteiger partial charge in [0.25, 0.3) is 0 Å². The molecule has 0 amide bonds. The fraction of sp³-hybridized carbons (Fsp3) is 0.600. The van der Waals surface area contributed by atoms with Crippen molar-refractivity contribution in [1.29, 1.82) is 0 Å². The third-order valence-corrected chi connectivity index (χ3v) is 3.63. The second-order valence-corrected chi connectivity index (χ2v) is 4.74. The summed E-state index contributed by atoms with van der Waals surface area (Å²) in [4.78, 5) is 16.1. The van der Waals surface area contributed by atoms with Crippen molar-refractivity contribution in [3.05, 3.63) is 15.6 Å². The van der Waals surface area contributed by atoms with Crippen LogP contribution < -0.4 is 0 Å². The molecule has 0 bridgehead atoms. The first kappa shape index (κ1) is 9.65. The molecule has 0 aromatic carbocycles. The van der Waals surface area contributed by atoms with Crippen LogP contribution in [0.2, 0.25) is 0 Å². The van der Waals surface area contributed by atoms with Gasteiger partial charge in [-0.25, -0.2) is 4.98 Å². The van der Waals surface area contributed by atoms with Gasteiger partial charge in [0.05, 0.1) is 17.1 Å². The highest BCUT2D eigenvalue weighted by atomic mass is 32.1. The molecular formula is C10H13NO2S. The molecule has 3 nitrogen and oxygen atoms in total. The quantitative estimate of drug-likeness (QED) is 0.830. The first-order chi connectivity index (χ1) is 6.70. The summed E-state index contributed by atoms with van der Waals surface area (Å²) >= 11 is 1.59. The molecule has 0 unspecified atom stereocenters. The van der Waals surface area contributed by atoms with Crippen LogP contribution in [0.25, 0.3) is 0 Å². The molecular weight excluding hydrogens is 198 g/mol. The van der Waals surface area contributed by atoms with Crippen molar-refractivity contribution in [2.75, 3.05) is 0 Å². The second kappa shape index (κ2) is 3.69. The van der Waals surface area contributed by atoms with Crippen LogP contribution in [0.3, 0.4) is 0 Å². The Morgan fingerprint density at radius 2 is 2.36 bits per heavy atom. The molecule has 1 aromatic heterocycles. The number of nitrogens with zero attached hydrogens (tertiary/aromatic N) is 1. The lowest BCUT2D eigenvalue weighted by atomic mass is 10.2. The zero-order chi connectivity index (χ0) is 10.1. The molecule has 1 fully saturated rings. The molecule has 1 saturated carbocycles. The lowest BCUT2D eigenvalue weighted by Crippen LogP contribution is -2.00. The smallest absolute Gasteiger partial charge is 0.308 e. The minimum Gasteiger partial charge on any atom is -0.481 e. The third kappa shape index (κ3) is 1.95. The predicted molar refractivity (Wildman–Crippen MR) is 54.8 cm³/mol. The van der Waals surface area contributed by atoms with Crippen LogP contribution >= 0.6 is 11.3 Å². The van der Waals surface area contributed by atoms with Gasteiger partial charge in [0.15, 0.2) is 0 Å². The van der Waals surface area contributed by atoms with Crippen molar-refractivity contribution >= 4 is 17.3 Å². The molecule has 0 spiro atoms. The maximum atomic E-state index is 10.6. The molecule has 1 aromatic rings. The normalized spacial score (nSPS) is 15.8. The van der Waals surface area contributed by atoms with Gasteiger partial charge < -0.3 is 5.11 Å². The van der Waals surface area contributed by atoms with E-state index in [9.17, 15) is 4.79 Å². The monoisotopic (exact) mass is 211 g/mol. The summed E-state index contributed by atoms with van der Waals surface area (Å²) in [5.41, 5.74) is 0.985. The largest absolute Gasteiger partial charge is 0.481 e. The molecule has 0 saturated heterocycles. The number of thiazole rings is 1. The van der Waals surface area contributed by atoms with E-state index < -0.39 is 5.97 Å². The minimum absolute atomic E-state index is 0.132. The van der Waals surface area contributed by atoms with Gasteiger partial charge in [-0.05, 0) is 19.3 Å². The van der Waals surface area contributed by atoms with E-state index in [2.05, 4.69) is 4.98 Å². The molecule has 0 aliphatic heterocycles. The summed E-state index contributed by atoms with van der Waals surface area (Å²) in [6.07, 6.45) is 3.42. The Labute approximate surface area is 86.8 Å². The van der Waals surface area contributed by atoms with Crippen LogP contribution in [0.15, 0.2) is 0 Å². The van der Waals surface area contributed by atoms with E-state index in [1.807, 2.05) is 6.92 Å². The summed E-state index contributed by atoms with van der Waals surface area (Å²) in [6.45, 7) is 2.02. The molecule has 1 aliphatic rings. The average Bonchev–Trinajstić information content (AvgIpc) is 2.89. The lowest BCUT2D eigenvalue weighted by Gasteiger charge is -1.93. The molecule has 1 heterocycles. The minimum atomic E-state index is -0.759. The fourth-order valence-electron chi connectivity index (χ4n) is 1.46. The first-order valence-corrected chi connectivity index (χ1v) is 5.72. The highest BCUT2D eigenvalue weighted by Gasteiger charge is 2.28. The van der Waals surface area contributed by atoms with E-state index in [-0.39, 0.29) is 6.42 Å². The molecule has 1 N–H and O–H groups in total. The van der Waals surface area contributed by atoms with Gasteiger partial charge in [-0.3, -0.25) is 4.79 Å². The van der Waals surface area contributed by atoms with Crippen molar-refractivity contribution in [2.45, 2.75) is 38.5 Å². The van der Waals surface area contributed by atoms with E-state index in [0.29, 0.717) is 5.92 Å². The standard InChI is InChI=1S/C10H13NO2S/c1-2-7-8(5-9(12)13)14-10(11-7)6-3-4-6/h6H,2-5H2,1H3,(H,12,13). The molecule has 76 valence electrons. The summed E-state index contributed by atoms with van der Waals surface area (Å²) in [5, 5.41) is 9.88. The number of aliphatic carboxylic acids is 1. The number of carbonyl (C=O) groups is 1. The number of aryl methyl sites for hydroxylation is 1. The van der Waals surface area contributed by atoms with Crippen molar-refractivity contribution in [3.8, 4) is 0 Å². The van der Waals surface area contributed by atoms with Crippen molar-refractivity contribution in [2.24, 2.45) is 0 Å². The van der Waals surface area contributed by atoms with Crippen molar-refractivity contribution in [1.82, 2.24) is 4.98 Å². The summed E-state index contributed by atoms with van der Waals surface area (Å²) in [7, 11) is 0. The third-order valence-electron chi connectivity index (χ3n) is 2.37. The van der Waals surface area contributed by atoms with Crippen LogP contribution in [0, 0.1) is 0 Å². The van der Waals surface area contributed by atoms with Crippen molar-refractivity contribution in [3.63, 3.8) is 0 Å². The van der Waals surface area contributed by atoms with Gasteiger partial charge >= 0.3 is 5.97 Å². The molecule has 14 heavy (non-hydrogen) atoms. The SMILES string of the molecule is CCc1nc(C2CC2)sc1CC(=O)O. The molecule has 4 heteroatoms. The van der Waals surface area contributed by atoms with Crippen molar-refractivity contribution < 1.29 is 9.90 Å². The Hall–Kier alpha value is -0.900. The first-order valence-electron chi connectivity index (χ1n) is 4.91. The van der Waals surface area contributed by atoms with E-state index in [0.717, 1.165) is 22.0 Å². The van der Waals surface area contributed by atoms with E-state index >= 15 is 0 Å². The van der Waals surface area contributed by atoms with Crippen LogP contribution in [-0.2, 0) is 17.6 Å². The number of carboxylic acid groups (broad SMARTS) is 1. The summed E-state index contributed by atoms with van der Waals surface area (Å²) < 4.78 is 0. The van der Waals surface area contributed by atoms with Crippen LogP contribution in [0.5, 0.6) is 0 Å². The van der Waals surface area contributed by atoms with Gasteiger partial charge in [-0.2, -0.15) is 0 Å². The highest BCUT2D eigenvalue weighted by molar-refractivity contribution is 7.12. The zero-order valence-corrected chi connectivity index (χ0v) is 8.93. The average molecular weight is 211 g/mol. The second-order valence-electron chi connectivity index (χ2n) is 3.62. The van der Waals surface area contributed by atoms with Gasteiger partial charge in [0, 0.05) is 10.8 Å². The Morgan fingerprint density at radius 3 is 2.86 bits per heavy atom. The number of rotatable bonds is 4. The van der Waals surface area contributed by atoms with E-state index in [4.69, 9.17) is 5.11 Å². The maximum Gasteiger partial charge on any atom is 0.308 e. The topological polar surface area (TPSA) is 50.2 Å². The number of hydrogen-bond donors (Lipinski definition) is 1.